The first kappa shape index (κ1) is 15.0. The van der Waals surface area contributed by atoms with Gasteiger partial charge in [-0.3, -0.25) is 0 Å². The van der Waals surface area contributed by atoms with Gasteiger partial charge in [0, 0.05) is 11.5 Å². The number of hydrogen-bond acceptors (Lipinski definition) is 1. The molecular weight excluding hydrogens is 260 g/mol. The van der Waals surface area contributed by atoms with Crippen molar-refractivity contribution < 1.29 is 9.90 Å². The van der Waals surface area contributed by atoms with Gasteiger partial charge in [-0.15, -0.1) is 0 Å². The van der Waals surface area contributed by atoms with Crippen LogP contribution in [0.4, 0.5) is 0 Å². The number of rotatable bonds is 6. The van der Waals surface area contributed by atoms with E-state index in [1.165, 1.54) is 0 Å². The van der Waals surface area contributed by atoms with Crippen molar-refractivity contribution in [2.75, 3.05) is 0 Å². The van der Waals surface area contributed by atoms with E-state index in [2.05, 4.69) is 13.5 Å². The number of aliphatic carboxylic acids is 1. The molecule has 0 aromatic heterocycles. The summed E-state index contributed by atoms with van der Waals surface area (Å²) < 4.78 is 0. The molecule has 1 N–H and O–H groups in total. The molecule has 2 unspecified atom stereocenters. The van der Waals surface area contributed by atoms with Gasteiger partial charge in [-0.25, -0.2) is 4.79 Å². The number of carboxylic acid groups (broad SMARTS) is 1. The summed E-state index contributed by atoms with van der Waals surface area (Å²) in [4.78, 5) is 11.4. The second-order valence-corrected chi connectivity index (χ2v) is 5.33. The van der Waals surface area contributed by atoms with Crippen molar-refractivity contribution in [3.8, 4) is 0 Å². The molecule has 0 fully saturated rings. The van der Waals surface area contributed by atoms with Gasteiger partial charge in [0.15, 0.2) is 0 Å². The number of benzene rings is 2. The molecule has 0 radical (unpaired) electrons. The van der Waals surface area contributed by atoms with Crippen LogP contribution in [0.25, 0.3) is 0 Å². The van der Waals surface area contributed by atoms with Crippen molar-refractivity contribution >= 4 is 5.97 Å². The molecule has 2 atom stereocenters. The normalized spacial score (nSPS) is 13.4. The summed E-state index contributed by atoms with van der Waals surface area (Å²) in [5.74, 6) is -0.930. The quantitative estimate of drug-likeness (QED) is 0.801. The molecule has 2 nitrogen and oxygen atoms in total. The minimum atomic E-state index is -0.918. The van der Waals surface area contributed by atoms with Crippen molar-refractivity contribution in [1.82, 2.24) is 0 Å². The Bertz CT molecular complexity index is 602. The van der Waals surface area contributed by atoms with Crippen molar-refractivity contribution in [3.05, 3.63) is 83.9 Å². The molecule has 21 heavy (non-hydrogen) atoms. The monoisotopic (exact) mass is 280 g/mol. The molecule has 0 saturated carbocycles. The molecule has 2 aromatic carbocycles. The largest absolute Gasteiger partial charge is 0.478 e. The summed E-state index contributed by atoms with van der Waals surface area (Å²) in [7, 11) is 0. The summed E-state index contributed by atoms with van der Waals surface area (Å²) >= 11 is 0. The van der Waals surface area contributed by atoms with Crippen molar-refractivity contribution in [2.45, 2.75) is 19.3 Å². The minimum absolute atomic E-state index is 0.106. The summed E-state index contributed by atoms with van der Waals surface area (Å²) in [6, 6.07) is 20.0. The molecule has 0 amide bonds. The van der Waals surface area contributed by atoms with E-state index in [1.807, 2.05) is 60.7 Å². The average molecular weight is 280 g/mol. The Hall–Kier alpha value is -2.35. The maximum atomic E-state index is 11.4. The van der Waals surface area contributed by atoms with Crippen molar-refractivity contribution in [3.63, 3.8) is 0 Å². The van der Waals surface area contributed by atoms with Gasteiger partial charge in [0.05, 0.1) is 0 Å². The predicted molar refractivity (Wildman–Crippen MR) is 85.3 cm³/mol. The van der Waals surface area contributed by atoms with Gasteiger partial charge >= 0.3 is 5.97 Å². The summed E-state index contributed by atoms with van der Waals surface area (Å²) in [5, 5.41) is 9.33. The van der Waals surface area contributed by atoms with Gasteiger partial charge in [-0.2, -0.15) is 0 Å². The molecule has 0 aliphatic heterocycles. The first-order chi connectivity index (χ1) is 10.1. The maximum Gasteiger partial charge on any atom is 0.331 e. The van der Waals surface area contributed by atoms with E-state index < -0.39 is 5.97 Å². The third-order valence-electron chi connectivity index (χ3n) is 3.95. The molecule has 2 heteroatoms. The standard InChI is InChI=1S/C19H20O2/c1-14(17-11-7-4-8-12-17)18(15(2)19(20)21)13-16-9-5-3-6-10-16/h3-12,14,18H,2,13H2,1H3,(H,20,21). The van der Waals surface area contributed by atoms with Crippen LogP contribution in [0.5, 0.6) is 0 Å². The van der Waals surface area contributed by atoms with Gasteiger partial charge in [-0.05, 0) is 23.5 Å². The smallest absolute Gasteiger partial charge is 0.331 e. The van der Waals surface area contributed by atoms with Gasteiger partial charge < -0.3 is 5.11 Å². The van der Waals surface area contributed by atoms with Crippen LogP contribution in [-0.4, -0.2) is 11.1 Å². The molecular formula is C19H20O2. The summed E-state index contributed by atoms with van der Waals surface area (Å²) in [5.41, 5.74) is 2.55. The molecule has 0 aliphatic rings. The van der Waals surface area contributed by atoms with Crippen LogP contribution in [0.15, 0.2) is 72.8 Å². The zero-order chi connectivity index (χ0) is 15.2. The molecule has 2 rings (SSSR count). The predicted octanol–water partition coefficient (Wildman–Crippen LogP) is 4.29. The third-order valence-corrected chi connectivity index (χ3v) is 3.95. The van der Waals surface area contributed by atoms with Gasteiger partial charge in [0.2, 0.25) is 0 Å². The zero-order valence-corrected chi connectivity index (χ0v) is 12.2. The molecule has 0 spiro atoms. The molecule has 108 valence electrons. The van der Waals surface area contributed by atoms with Crippen LogP contribution in [0.1, 0.15) is 24.0 Å². The van der Waals surface area contributed by atoms with Crippen molar-refractivity contribution in [2.24, 2.45) is 5.92 Å². The van der Waals surface area contributed by atoms with Crippen LogP contribution < -0.4 is 0 Å². The van der Waals surface area contributed by atoms with Crippen LogP contribution in [0, 0.1) is 5.92 Å². The Labute approximate surface area is 125 Å². The number of hydrogen-bond donors (Lipinski definition) is 1. The highest BCUT2D eigenvalue weighted by molar-refractivity contribution is 5.86. The first-order valence-electron chi connectivity index (χ1n) is 7.10. The SMILES string of the molecule is C=C(C(=O)O)C(Cc1ccccc1)C(C)c1ccccc1. The summed E-state index contributed by atoms with van der Waals surface area (Å²) in [6.45, 7) is 5.86. The lowest BCUT2D eigenvalue weighted by Crippen LogP contribution is -2.20. The molecule has 2 aromatic rings. The second-order valence-electron chi connectivity index (χ2n) is 5.33. The average Bonchev–Trinajstić information content (AvgIpc) is 2.53. The van der Waals surface area contributed by atoms with E-state index in [4.69, 9.17) is 0 Å². The Morgan fingerprint density at radius 3 is 2.10 bits per heavy atom. The van der Waals surface area contributed by atoms with Gasteiger partial charge in [0.1, 0.15) is 0 Å². The zero-order valence-electron chi connectivity index (χ0n) is 12.2. The first-order valence-corrected chi connectivity index (χ1v) is 7.10. The highest BCUT2D eigenvalue weighted by Crippen LogP contribution is 2.32. The molecule has 0 heterocycles. The Morgan fingerprint density at radius 1 is 1.05 bits per heavy atom. The molecule has 0 aliphatic carbocycles. The number of carboxylic acids is 1. The van der Waals surface area contributed by atoms with E-state index in [9.17, 15) is 9.90 Å². The van der Waals surface area contributed by atoms with Crippen molar-refractivity contribution in [1.29, 1.82) is 0 Å². The van der Waals surface area contributed by atoms with Gasteiger partial charge in [0.25, 0.3) is 0 Å². The fourth-order valence-electron chi connectivity index (χ4n) is 2.62. The number of carbonyl (C=O) groups is 1. The maximum absolute atomic E-state index is 11.4. The van der Waals surface area contributed by atoms with Crippen LogP contribution in [0.2, 0.25) is 0 Å². The second kappa shape index (κ2) is 6.89. The van der Waals surface area contributed by atoms with Gasteiger partial charge in [-0.1, -0.05) is 74.2 Å². The molecule has 0 saturated heterocycles. The minimum Gasteiger partial charge on any atom is -0.478 e. The fourth-order valence-corrected chi connectivity index (χ4v) is 2.62. The lowest BCUT2D eigenvalue weighted by atomic mass is 9.79. The fraction of sp³-hybridized carbons (Fsp3) is 0.211. The Balaban J connectivity index is 2.28. The van der Waals surface area contributed by atoms with E-state index in [0.717, 1.165) is 11.1 Å². The highest BCUT2D eigenvalue weighted by atomic mass is 16.4. The van der Waals surface area contributed by atoms with Crippen LogP contribution >= 0.6 is 0 Å². The highest BCUT2D eigenvalue weighted by Gasteiger charge is 2.25. The van der Waals surface area contributed by atoms with Crippen LogP contribution in [0.3, 0.4) is 0 Å². The van der Waals surface area contributed by atoms with E-state index >= 15 is 0 Å². The Kier molecular flexibility index (Phi) is 4.94. The summed E-state index contributed by atoms with van der Waals surface area (Å²) in [6.07, 6.45) is 0.683. The van der Waals surface area contributed by atoms with Crippen LogP contribution in [-0.2, 0) is 11.2 Å². The van der Waals surface area contributed by atoms with E-state index in [-0.39, 0.29) is 17.4 Å². The van der Waals surface area contributed by atoms with E-state index in [1.54, 1.807) is 0 Å². The molecule has 0 bridgehead atoms. The Morgan fingerprint density at radius 2 is 1.57 bits per heavy atom. The topological polar surface area (TPSA) is 37.3 Å². The lowest BCUT2D eigenvalue weighted by molar-refractivity contribution is -0.133. The third kappa shape index (κ3) is 3.82. The lowest BCUT2D eigenvalue weighted by Gasteiger charge is -2.25. The van der Waals surface area contributed by atoms with E-state index in [0.29, 0.717) is 6.42 Å².